The zero-order valence-corrected chi connectivity index (χ0v) is 11.5. The number of nitrogens with zero attached hydrogens (tertiary/aromatic N) is 4. The van der Waals surface area contributed by atoms with Crippen LogP contribution in [0.3, 0.4) is 0 Å². The van der Waals surface area contributed by atoms with Crippen LogP contribution in [0.2, 0.25) is 0 Å². The molecule has 18 heavy (non-hydrogen) atoms. The molecule has 1 aromatic heterocycles. The van der Waals surface area contributed by atoms with Crippen molar-refractivity contribution in [2.24, 2.45) is 5.84 Å². The first-order valence-corrected chi connectivity index (χ1v) is 7.31. The normalized spacial score (nSPS) is 29.4. The molecule has 0 saturated carbocycles. The third kappa shape index (κ3) is 2.35. The van der Waals surface area contributed by atoms with Gasteiger partial charge in [0, 0.05) is 25.2 Å². The van der Waals surface area contributed by atoms with Crippen LogP contribution >= 0.6 is 11.3 Å². The van der Waals surface area contributed by atoms with Gasteiger partial charge in [-0.1, -0.05) is 11.3 Å². The summed E-state index contributed by atoms with van der Waals surface area (Å²) in [6, 6.07) is 1.51. The second-order valence-electron chi connectivity index (χ2n) is 5.22. The second-order valence-corrected chi connectivity index (χ2v) is 6.28. The molecular weight excluding hydrogens is 248 g/mol. The van der Waals surface area contributed by atoms with Gasteiger partial charge in [0.05, 0.1) is 6.54 Å². The van der Waals surface area contributed by atoms with E-state index in [-0.39, 0.29) is 0 Å². The number of fused-ring (bicyclic) bond motifs is 2. The van der Waals surface area contributed by atoms with Gasteiger partial charge in [-0.15, -0.1) is 10.2 Å². The number of anilines is 1. The summed E-state index contributed by atoms with van der Waals surface area (Å²) in [4.78, 5) is 5.06. The molecule has 3 heterocycles. The summed E-state index contributed by atoms with van der Waals surface area (Å²) in [5.74, 6) is 5.33. The van der Waals surface area contributed by atoms with Gasteiger partial charge in [-0.05, 0) is 26.3 Å². The van der Waals surface area contributed by atoms with Crippen LogP contribution < -0.4 is 11.3 Å². The Hall–Kier alpha value is -0.760. The third-order valence-corrected chi connectivity index (χ3v) is 5.02. The number of hydrogen-bond acceptors (Lipinski definition) is 7. The smallest absolute Gasteiger partial charge is 0.219 e. The highest BCUT2D eigenvalue weighted by molar-refractivity contribution is 7.15. The van der Waals surface area contributed by atoms with E-state index in [9.17, 15) is 0 Å². The van der Waals surface area contributed by atoms with Crippen molar-refractivity contribution in [3.05, 3.63) is 5.01 Å². The highest BCUT2D eigenvalue weighted by atomic mass is 32.1. The third-order valence-electron chi connectivity index (χ3n) is 4.18. The molecule has 0 spiro atoms. The maximum Gasteiger partial charge on any atom is 0.219 e. The molecule has 3 N–H and O–H groups in total. The molecule has 2 aliphatic heterocycles. The molecule has 2 fully saturated rings. The minimum absolute atomic E-state index is 0.693. The number of hydrazine groups is 1. The van der Waals surface area contributed by atoms with Gasteiger partial charge in [0.15, 0.2) is 0 Å². The topological polar surface area (TPSA) is 70.3 Å². The number of rotatable bonds is 3. The van der Waals surface area contributed by atoms with E-state index in [0.29, 0.717) is 5.13 Å². The van der Waals surface area contributed by atoms with E-state index in [0.717, 1.165) is 36.7 Å². The van der Waals surface area contributed by atoms with Gasteiger partial charge in [0.1, 0.15) is 5.01 Å². The Kier molecular flexibility index (Phi) is 3.47. The van der Waals surface area contributed by atoms with Gasteiger partial charge in [0.25, 0.3) is 0 Å². The maximum atomic E-state index is 5.33. The molecule has 1 aromatic rings. The first-order chi connectivity index (χ1) is 8.76. The summed E-state index contributed by atoms with van der Waals surface area (Å²) < 4.78 is 0. The fourth-order valence-electron chi connectivity index (χ4n) is 3.09. The second kappa shape index (κ2) is 5.08. The van der Waals surface area contributed by atoms with Crippen LogP contribution in [0.25, 0.3) is 0 Å². The van der Waals surface area contributed by atoms with Crippen LogP contribution in [0.5, 0.6) is 0 Å². The first-order valence-electron chi connectivity index (χ1n) is 6.49. The monoisotopic (exact) mass is 268 g/mol. The molecule has 2 aliphatic rings. The lowest BCUT2D eigenvalue weighted by atomic mass is 10.1. The van der Waals surface area contributed by atoms with Crippen molar-refractivity contribution >= 4 is 16.5 Å². The molecule has 3 rings (SSSR count). The van der Waals surface area contributed by atoms with E-state index in [2.05, 4.69) is 32.5 Å². The largest absolute Gasteiger partial charge is 0.299 e. The minimum atomic E-state index is 0.693. The van der Waals surface area contributed by atoms with E-state index in [1.54, 1.807) is 11.3 Å². The lowest BCUT2D eigenvalue weighted by molar-refractivity contribution is 0.214. The van der Waals surface area contributed by atoms with Gasteiger partial charge in [-0.25, -0.2) is 5.84 Å². The lowest BCUT2D eigenvalue weighted by Crippen LogP contribution is -2.36. The van der Waals surface area contributed by atoms with Crippen molar-refractivity contribution in [2.75, 3.05) is 25.6 Å². The van der Waals surface area contributed by atoms with Crippen molar-refractivity contribution in [3.8, 4) is 0 Å². The van der Waals surface area contributed by atoms with E-state index >= 15 is 0 Å². The molecule has 0 aromatic carbocycles. The van der Waals surface area contributed by atoms with E-state index in [1.807, 2.05) is 0 Å². The Morgan fingerprint density at radius 2 is 2.17 bits per heavy atom. The van der Waals surface area contributed by atoms with Gasteiger partial charge in [-0.3, -0.25) is 15.2 Å². The van der Waals surface area contributed by atoms with Crippen LogP contribution in [-0.4, -0.2) is 52.2 Å². The summed E-state index contributed by atoms with van der Waals surface area (Å²) in [7, 11) is 2.27. The Morgan fingerprint density at radius 1 is 1.33 bits per heavy atom. The number of aromatic nitrogens is 2. The summed E-state index contributed by atoms with van der Waals surface area (Å²) in [6.45, 7) is 3.21. The highest BCUT2D eigenvalue weighted by Crippen LogP contribution is 2.29. The van der Waals surface area contributed by atoms with Crippen LogP contribution in [0.15, 0.2) is 0 Å². The number of nitrogen functional groups attached to an aromatic ring is 1. The van der Waals surface area contributed by atoms with Crippen LogP contribution in [0.4, 0.5) is 5.13 Å². The van der Waals surface area contributed by atoms with Crippen molar-refractivity contribution in [1.82, 2.24) is 20.0 Å². The maximum absolute atomic E-state index is 5.33. The number of likely N-dealkylation sites (N-methyl/N-ethyl adjacent to an activating group) is 1. The fraction of sp³-hybridized carbons (Fsp3) is 0.818. The molecule has 2 atom stereocenters. The molecule has 2 saturated heterocycles. The molecular formula is C11H20N6S. The van der Waals surface area contributed by atoms with E-state index < -0.39 is 0 Å². The lowest BCUT2D eigenvalue weighted by Gasteiger charge is -2.24. The minimum Gasteiger partial charge on any atom is -0.299 e. The number of nitrogens with one attached hydrogen (secondary N) is 1. The Labute approximate surface area is 111 Å². The summed E-state index contributed by atoms with van der Waals surface area (Å²) in [6.07, 6.45) is 3.98. The van der Waals surface area contributed by atoms with Crippen molar-refractivity contribution in [2.45, 2.75) is 37.9 Å². The quantitative estimate of drug-likeness (QED) is 0.614. The number of likely N-dealkylation sites (tertiary alicyclic amines) is 1. The molecule has 7 heteroatoms. The Morgan fingerprint density at radius 3 is 2.94 bits per heavy atom. The average molecular weight is 268 g/mol. The van der Waals surface area contributed by atoms with Gasteiger partial charge in [0.2, 0.25) is 5.13 Å². The van der Waals surface area contributed by atoms with E-state index in [4.69, 9.17) is 5.84 Å². The van der Waals surface area contributed by atoms with Crippen LogP contribution in [-0.2, 0) is 6.54 Å². The molecule has 6 nitrogen and oxygen atoms in total. The molecule has 2 unspecified atom stereocenters. The van der Waals surface area contributed by atoms with Crippen LogP contribution in [0.1, 0.15) is 24.3 Å². The predicted octanol–water partition coefficient (Wildman–Crippen LogP) is 0.492. The summed E-state index contributed by atoms with van der Waals surface area (Å²) >= 11 is 1.54. The number of hydrogen-bond donors (Lipinski definition) is 2. The van der Waals surface area contributed by atoms with Gasteiger partial charge >= 0.3 is 0 Å². The van der Waals surface area contributed by atoms with Crippen molar-refractivity contribution in [3.63, 3.8) is 0 Å². The molecule has 2 bridgehead atoms. The predicted molar refractivity (Wildman–Crippen MR) is 72.2 cm³/mol. The van der Waals surface area contributed by atoms with Gasteiger partial charge < -0.3 is 0 Å². The summed E-state index contributed by atoms with van der Waals surface area (Å²) in [5, 5.41) is 9.88. The van der Waals surface area contributed by atoms with Crippen molar-refractivity contribution < 1.29 is 0 Å². The molecule has 0 amide bonds. The Balaban J connectivity index is 1.63. The standard InChI is InChI=1S/C11H20N6S/c1-16-8-2-3-9(16)6-17(5-4-8)7-10-14-15-11(13-12)18-10/h8-9H,2-7,12H2,1H3,(H,13,15). The van der Waals surface area contributed by atoms with Crippen LogP contribution in [0, 0.1) is 0 Å². The van der Waals surface area contributed by atoms with Gasteiger partial charge in [-0.2, -0.15) is 0 Å². The number of nitrogens with two attached hydrogens (primary N) is 1. The average Bonchev–Trinajstić information content (AvgIpc) is 2.89. The molecule has 0 radical (unpaired) electrons. The molecule has 100 valence electrons. The first kappa shape index (κ1) is 12.3. The summed E-state index contributed by atoms with van der Waals surface area (Å²) in [5.41, 5.74) is 2.55. The molecule has 0 aliphatic carbocycles. The SMILES string of the molecule is CN1C2CCC1CN(Cc1nnc(NN)s1)CC2. The highest BCUT2D eigenvalue weighted by Gasteiger charge is 2.34. The zero-order chi connectivity index (χ0) is 12.5. The van der Waals surface area contributed by atoms with Crippen molar-refractivity contribution in [1.29, 1.82) is 0 Å². The van der Waals surface area contributed by atoms with E-state index in [1.165, 1.54) is 19.3 Å². The Bertz CT molecular complexity index is 408. The zero-order valence-electron chi connectivity index (χ0n) is 10.7. The fourth-order valence-corrected chi connectivity index (χ4v) is 3.78.